The van der Waals surface area contributed by atoms with E-state index in [1.54, 1.807) is 0 Å². The second-order valence-corrected chi connectivity index (χ2v) is 4.32. The van der Waals surface area contributed by atoms with Crippen LogP contribution < -0.4 is 5.32 Å². The van der Waals surface area contributed by atoms with E-state index in [1.165, 1.54) is 6.07 Å². The molecule has 2 rings (SSSR count). The molecule has 0 saturated carbocycles. The summed E-state index contributed by atoms with van der Waals surface area (Å²) in [6.45, 7) is -0.344. The lowest BCUT2D eigenvalue weighted by Crippen LogP contribution is -2.41. The quantitative estimate of drug-likeness (QED) is 0.728. The van der Waals surface area contributed by atoms with Crippen LogP contribution in [0.5, 0.6) is 0 Å². The first kappa shape index (κ1) is 14.7. The molecule has 0 spiro atoms. The third-order valence-corrected chi connectivity index (χ3v) is 2.82. The number of carboxylic acid groups (broad SMARTS) is 1. The van der Waals surface area contributed by atoms with Crippen molar-refractivity contribution in [3.8, 4) is 11.3 Å². The van der Waals surface area contributed by atoms with Gasteiger partial charge in [-0.05, 0) is 0 Å². The highest BCUT2D eigenvalue weighted by molar-refractivity contribution is 5.95. The molecule has 7 nitrogen and oxygen atoms in total. The summed E-state index contributed by atoms with van der Waals surface area (Å²) in [5.74, 6) is -2.00. The van der Waals surface area contributed by atoms with E-state index in [1.807, 2.05) is 30.3 Å². The molecule has 0 unspecified atom stereocenters. The third kappa shape index (κ3) is 3.67. The van der Waals surface area contributed by atoms with Crippen molar-refractivity contribution >= 4 is 11.9 Å². The van der Waals surface area contributed by atoms with Gasteiger partial charge in [0.15, 0.2) is 0 Å². The Hall–Kier alpha value is -2.67. The first-order chi connectivity index (χ1) is 10.1. The van der Waals surface area contributed by atoms with Crippen LogP contribution in [0.15, 0.2) is 40.9 Å². The van der Waals surface area contributed by atoms with E-state index in [4.69, 9.17) is 14.7 Å². The lowest BCUT2D eigenvalue weighted by atomic mass is 10.1. The fraction of sp³-hybridized carbons (Fsp3) is 0.214. The molecule has 110 valence electrons. The number of hydrogen-bond donors (Lipinski definition) is 3. The van der Waals surface area contributed by atoms with Crippen LogP contribution in [-0.4, -0.2) is 39.9 Å². The zero-order chi connectivity index (χ0) is 15.2. The SMILES string of the molecule is O=C(N[C@H](CCO)C(=O)O)c1cc(-c2ccccc2)no1. The zero-order valence-corrected chi connectivity index (χ0v) is 11.0. The van der Waals surface area contributed by atoms with Crippen LogP contribution in [0.4, 0.5) is 0 Å². The van der Waals surface area contributed by atoms with Crippen LogP contribution >= 0.6 is 0 Å². The molecule has 1 amide bonds. The van der Waals surface area contributed by atoms with Crippen LogP contribution in [0.1, 0.15) is 17.0 Å². The third-order valence-electron chi connectivity index (χ3n) is 2.82. The summed E-state index contributed by atoms with van der Waals surface area (Å²) >= 11 is 0. The van der Waals surface area contributed by atoms with E-state index in [2.05, 4.69) is 10.5 Å². The summed E-state index contributed by atoms with van der Waals surface area (Å²) < 4.78 is 4.92. The molecule has 0 radical (unpaired) electrons. The molecule has 3 N–H and O–H groups in total. The molecular weight excluding hydrogens is 276 g/mol. The maximum atomic E-state index is 11.9. The average Bonchev–Trinajstić information content (AvgIpc) is 2.97. The number of aliphatic hydroxyl groups excluding tert-OH is 1. The van der Waals surface area contributed by atoms with Crippen LogP contribution in [0.2, 0.25) is 0 Å². The molecule has 1 heterocycles. The predicted molar refractivity (Wildman–Crippen MR) is 72.5 cm³/mol. The number of carboxylic acids is 1. The number of amides is 1. The highest BCUT2D eigenvalue weighted by Gasteiger charge is 2.22. The van der Waals surface area contributed by atoms with Gasteiger partial charge in [0.05, 0.1) is 0 Å². The van der Waals surface area contributed by atoms with E-state index >= 15 is 0 Å². The minimum atomic E-state index is -1.22. The van der Waals surface area contributed by atoms with Crippen LogP contribution in [0.3, 0.4) is 0 Å². The number of aliphatic hydroxyl groups is 1. The zero-order valence-electron chi connectivity index (χ0n) is 11.0. The molecular formula is C14H14N2O5. The highest BCUT2D eigenvalue weighted by Crippen LogP contribution is 2.18. The van der Waals surface area contributed by atoms with Gasteiger partial charge in [0.25, 0.3) is 5.91 Å². The fourth-order valence-corrected chi connectivity index (χ4v) is 1.74. The normalized spacial score (nSPS) is 11.9. The fourth-order valence-electron chi connectivity index (χ4n) is 1.74. The summed E-state index contributed by atoms with van der Waals surface area (Å²) in [6.07, 6.45) is -0.0826. The van der Waals surface area contributed by atoms with Gasteiger partial charge in [0.1, 0.15) is 11.7 Å². The van der Waals surface area contributed by atoms with Gasteiger partial charge < -0.3 is 20.1 Å². The number of benzene rings is 1. The molecule has 21 heavy (non-hydrogen) atoms. The molecule has 0 aliphatic heterocycles. The van der Waals surface area contributed by atoms with Crippen LogP contribution in [0, 0.1) is 0 Å². The number of nitrogens with zero attached hydrogens (tertiary/aromatic N) is 1. The smallest absolute Gasteiger partial charge is 0.326 e. The van der Waals surface area contributed by atoms with Gasteiger partial charge in [0.2, 0.25) is 5.76 Å². The molecule has 1 aromatic carbocycles. The molecule has 7 heteroatoms. The van der Waals surface area contributed by atoms with Crippen molar-refractivity contribution in [1.29, 1.82) is 0 Å². The summed E-state index contributed by atoms with van der Waals surface area (Å²) in [6, 6.07) is 9.38. The number of carbonyl (C=O) groups is 2. The number of aromatic nitrogens is 1. The summed E-state index contributed by atoms with van der Waals surface area (Å²) in [7, 11) is 0. The average molecular weight is 290 g/mol. The monoisotopic (exact) mass is 290 g/mol. The van der Waals surface area contributed by atoms with Crippen LogP contribution in [0.25, 0.3) is 11.3 Å². The number of nitrogens with one attached hydrogen (secondary N) is 1. The molecule has 0 aliphatic carbocycles. The highest BCUT2D eigenvalue weighted by atomic mass is 16.5. The van der Waals surface area contributed by atoms with Crippen LogP contribution in [-0.2, 0) is 4.79 Å². The van der Waals surface area contributed by atoms with Gasteiger partial charge in [-0.2, -0.15) is 0 Å². The Balaban J connectivity index is 2.10. The minimum Gasteiger partial charge on any atom is -0.480 e. The van der Waals surface area contributed by atoms with Crippen molar-refractivity contribution in [2.24, 2.45) is 0 Å². The summed E-state index contributed by atoms with van der Waals surface area (Å²) in [4.78, 5) is 22.8. The maximum absolute atomic E-state index is 11.9. The van der Waals surface area contributed by atoms with Crippen molar-refractivity contribution in [1.82, 2.24) is 10.5 Å². The molecule has 0 fully saturated rings. The van der Waals surface area contributed by atoms with Crippen molar-refractivity contribution in [3.05, 3.63) is 42.2 Å². The summed E-state index contributed by atoms with van der Waals surface area (Å²) in [5.41, 5.74) is 1.26. The van der Waals surface area contributed by atoms with Crippen molar-refractivity contribution in [2.45, 2.75) is 12.5 Å². The van der Waals surface area contributed by atoms with E-state index in [-0.39, 0.29) is 18.8 Å². The molecule has 1 aromatic heterocycles. The lowest BCUT2D eigenvalue weighted by Gasteiger charge is -2.11. The van der Waals surface area contributed by atoms with Crippen molar-refractivity contribution < 1.29 is 24.3 Å². The largest absolute Gasteiger partial charge is 0.480 e. The van der Waals surface area contributed by atoms with E-state index < -0.39 is 17.9 Å². The van der Waals surface area contributed by atoms with E-state index in [0.717, 1.165) is 5.56 Å². The Morgan fingerprint density at radius 1 is 1.29 bits per heavy atom. The van der Waals surface area contributed by atoms with Gasteiger partial charge in [-0.3, -0.25) is 4.79 Å². The molecule has 0 aliphatic rings. The minimum absolute atomic E-state index is 0.0826. The Morgan fingerprint density at radius 2 is 2.00 bits per heavy atom. The molecule has 0 bridgehead atoms. The van der Waals surface area contributed by atoms with Gasteiger partial charge in [-0.15, -0.1) is 0 Å². The standard InChI is InChI=1S/C14H14N2O5/c17-7-6-10(14(19)20)15-13(18)12-8-11(16-21-12)9-4-2-1-3-5-9/h1-5,8,10,17H,6-7H2,(H,15,18)(H,19,20)/t10-/m1/s1. The topological polar surface area (TPSA) is 113 Å². The Morgan fingerprint density at radius 3 is 2.62 bits per heavy atom. The maximum Gasteiger partial charge on any atom is 0.326 e. The number of carbonyl (C=O) groups excluding carboxylic acids is 1. The van der Waals surface area contributed by atoms with Crippen molar-refractivity contribution in [2.75, 3.05) is 6.61 Å². The molecule has 2 aromatic rings. The van der Waals surface area contributed by atoms with E-state index in [0.29, 0.717) is 5.69 Å². The number of aliphatic carboxylic acids is 1. The second-order valence-electron chi connectivity index (χ2n) is 4.32. The number of hydrogen-bond acceptors (Lipinski definition) is 5. The second kappa shape index (κ2) is 6.67. The Bertz CT molecular complexity index is 623. The first-order valence-electron chi connectivity index (χ1n) is 6.28. The van der Waals surface area contributed by atoms with E-state index in [9.17, 15) is 9.59 Å². The molecule has 1 atom stereocenters. The van der Waals surface area contributed by atoms with Gasteiger partial charge in [-0.25, -0.2) is 4.79 Å². The Kier molecular flexibility index (Phi) is 4.68. The van der Waals surface area contributed by atoms with Gasteiger partial charge in [-0.1, -0.05) is 35.5 Å². The summed E-state index contributed by atoms with van der Waals surface area (Å²) in [5, 5.41) is 23.7. The predicted octanol–water partition coefficient (Wildman–Crippen LogP) is 0.907. The van der Waals surface area contributed by atoms with Crippen molar-refractivity contribution in [3.63, 3.8) is 0 Å². The van der Waals surface area contributed by atoms with Gasteiger partial charge >= 0.3 is 5.97 Å². The van der Waals surface area contributed by atoms with Gasteiger partial charge in [0, 0.05) is 24.7 Å². The molecule has 0 saturated heterocycles. The lowest BCUT2D eigenvalue weighted by molar-refractivity contribution is -0.139. The Labute approximate surface area is 120 Å². The first-order valence-corrected chi connectivity index (χ1v) is 6.28. The number of rotatable bonds is 6.